The van der Waals surface area contributed by atoms with Crippen LogP contribution in [0.4, 0.5) is 0 Å². The number of carboxylic acid groups (broad SMARTS) is 1. The lowest BCUT2D eigenvalue weighted by molar-refractivity contribution is -0.164. The Balaban J connectivity index is 2.39. The lowest BCUT2D eigenvalue weighted by atomic mass is 9.99. The van der Waals surface area contributed by atoms with E-state index in [1.54, 1.807) is 0 Å². The van der Waals surface area contributed by atoms with Gasteiger partial charge in [0.05, 0.1) is 19.6 Å². The summed E-state index contributed by atoms with van der Waals surface area (Å²) in [6.07, 6.45) is 0.305. The third kappa shape index (κ3) is 2.42. The van der Waals surface area contributed by atoms with E-state index in [9.17, 15) is 9.59 Å². The van der Waals surface area contributed by atoms with Crippen LogP contribution in [-0.4, -0.2) is 36.9 Å². The third-order valence-electron chi connectivity index (χ3n) is 2.09. The van der Waals surface area contributed by atoms with E-state index >= 15 is 0 Å². The average molecular weight is 188 g/mol. The molecule has 1 fully saturated rings. The molecule has 1 aliphatic rings. The van der Waals surface area contributed by atoms with Crippen LogP contribution in [0.25, 0.3) is 0 Å². The number of carbonyl (C=O) groups is 2. The summed E-state index contributed by atoms with van der Waals surface area (Å²) in [6.45, 7) is 0.0924. The number of hydrogen-bond acceptors (Lipinski definition) is 4. The zero-order valence-corrected chi connectivity index (χ0v) is 7.36. The number of esters is 1. The van der Waals surface area contributed by atoms with Gasteiger partial charge in [-0.25, -0.2) is 4.79 Å². The maximum Gasteiger partial charge on any atom is 0.334 e. The second kappa shape index (κ2) is 4.23. The molecule has 0 aromatic carbocycles. The molecule has 74 valence electrons. The van der Waals surface area contributed by atoms with Crippen LogP contribution in [0, 0.1) is 5.92 Å². The largest absolute Gasteiger partial charge is 0.481 e. The molecule has 0 radical (unpaired) electrons. The maximum absolute atomic E-state index is 10.9. The van der Waals surface area contributed by atoms with Gasteiger partial charge in [-0.3, -0.25) is 4.79 Å². The van der Waals surface area contributed by atoms with Crippen LogP contribution in [0.3, 0.4) is 0 Å². The first-order valence-corrected chi connectivity index (χ1v) is 4.07. The molecule has 2 unspecified atom stereocenters. The van der Waals surface area contributed by atoms with Gasteiger partial charge < -0.3 is 14.6 Å². The van der Waals surface area contributed by atoms with Gasteiger partial charge in [0.1, 0.15) is 0 Å². The van der Waals surface area contributed by atoms with Crippen LogP contribution in [0.5, 0.6) is 0 Å². The van der Waals surface area contributed by atoms with Crippen molar-refractivity contribution in [3.05, 3.63) is 0 Å². The summed E-state index contributed by atoms with van der Waals surface area (Å²) in [6, 6.07) is 0. The normalized spacial score (nSPS) is 28.1. The molecule has 0 aliphatic carbocycles. The van der Waals surface area contributed by atoms with Crippen molar-refractivity contribution in [2.45, 2.75) is 18.9 Å². The molecule has 1 aliphatic heterocycles. The summed E-state index contributed by atoms with van der Waals surface area (Å²) < 4.78 is 9.52. The standard InChI is InChI=1S/C8H12O5/c1-12-8(11)6-3-2-5(4-13-6)7(9)10/h5-6H,2-4H2,1H3,(H,9,10). The predicted molar refractivity (Wildman–Crippen MR) is 42.1 cm³/mol. The quantitative estimate of drug-likeness (QED) is 0.619. The second-order valence-electron chi connectivity index (χ2n) is 2.96. The van der Waals surface area contributed by atoms with E-state index in [1.165, 1.54) is 7.11 Å². The Morgan fingerprint density at radius 1 is 1.46 bits per heavy atom. The molecule has 1 N–H and O–H groups in total. The summed E-state index contributed by atoms with van der Waals surface area (Å²) in [5.74, 6) is -1.78. The van der Waals surface area contributed by atoms with Crippen LogP contribution < -0.4 is 0 Å². The molecule has 1 saturated heterocycles. The van der Waals surface area contributed by atoms with Crippen LogP contribution in [-0.2, 0) is 19.1 Å². The van der Waals surface area contributed by atoms with Crippen LogP contribution in [0.2, 0.25) is 0 Å². The fraction of sp³-hybridized carbons (Fsp3) is 0.750. The SMILES string of the molecule is COC(=O)C1CCC(C(=O)O)CO1. The minimum atomic E-state index is -0.872. The molecule has 5 nitrogen and oxygen atoms in total. The summed E-state index contributed by atoms with van der Waals surface area (Å²) in [7, 11) is 1.29. The molecule has 2 atom stereocenters. The number of hydrogen-bond donors (Lipinski definition) is 1. The van der Waals surface area contributed by atoms with Gasteiger partial charge in [-0.05, 0) is 12.8 Å². The van der Waals surface area contributed by atoms with E-state index in [0.29, 0.717) is 12.8 Å². The Kier molecular flexibility index (Phi) is 3.25. The van der Waals surface area contributed by atoms with Gasteiger partial charge in [0.2, 0.25) is 0 Å². The monoisotopic (exact) mass is 188 g/mol. The van der Waals surface area contributed by atoms with Crippen molar-refractivity contribution in [1.82, 2.24) is 0 Å². The molecule has 0 spiro atoms. The highest BCUT2D eigenvalue weighted by Crippen LogP contribution is 2.19. The molecule has 0 bridgehead atoms. The molecule has 0 aromatic heterocycles. The zero-order chi connectivity index (χ0) is 9.84. The van der Waals surface area contributed by atoms with Crippen LogP contribution in [0.1, 0.15) is 12.8 Å². The van der Waals surface area contributed by atoms with E-state index in [0.717, 1.165) is 0 Å². The fourth-order valence-electron chi connectivity index (χ4n) is 1.26. The number of ether oxygens (including phenoxy) is 2. The molecule has 0 saturated carbocycles. The maximum atomic E-state index is 10.9. The van der Waals surface area contributed by atoms with Crippen LogP contribution >= 0.6 is 0 Å². The number of aliphatic carboxylic acids is 1. The molecule has 5 heteroatoms. The number of rotatable bonds is 2. The van der Waals surface area contributed by atoms with Gasteiger partial charge in [-0.15, -0.1) is 0 Å². The third-order valence-corrected chi connectivity index (χ3v) is 2.09. The van der Waals surface area contributed by atoms with E-state index in [4.69, 9.17) is 9.84 Å². The van der Waals surface area contributed by atoms with Gasteiger partial charge in [-0.2, -0.15) is 0 Å². The van der Waals surface area contributed by atoms with Crippen molar-refractivity contribution in [3.63, 3.8) is 0 Å². The highest BCUT2D eigenvalue weighted by Gasteiger charge is 2.30. The first-order chi connectivity index (χ1) is 6.15. The Hall–Kier alpha value is -1.10. The average Bonchev–Trinajstić information content (AvgIpc) is 2.17. The van der Waals surface area contributed by atoms with Gasteiger partial charge >= 0.3 is 11.9 Å². The summed E-state index contributed by atoms with van der Waals surface area (Å²) in [4.78, 5) is 21.5. The van der Waals surface area contributed by atoms with Crippen molar-refractivity contribution in [3.8, 4) is 0 Å². The second-order valence-corrected chi connectivity index (χ2v) is 2.96. The van der Waals surface area contributed by atoms with Gasteiger partial charge in [0.15, 0.2) is 6.10 Å². The molecule has 1 heterocycles. The van der Waals surface area contributed by atoms with Crippen molar-refractivity contribution in [1.29, 1.82) is 0 Å². The lowest BCUT2D eigenvalue weighted by Crippen LogP contribution is -2.35. The van der Waals surface area contributed by atoms with Crippen molar-refractivity contribution in [2.75, 3.05) is 13.7 Å². The summed E-state index contributed by atoms with van der Waals surface area (Å²) >= 11 is 0. The van der Waals surface area contributed by atoms with Crippen molar-refractivity contribution in [2.24, 2.45) is 5.92 Å². The van der Waals surface area contributed by atoms with E-state index in [1.807, 2.05) is 0 Å². The molecular weight excluding hydrogens is 176 g/mol. The van der Waals surface area contributed by atoms with Gasteiger partial charge in [0.25, 0.3) is 0 Å². The Morgan fingerprint density at radius 3 is 2.54 bits per heavy atom. The minimum absolute atomic E-state index is 0.0924. The Morgan fingerprint density at radius 2 is 2.15 bits per heavy atom. The van der Waals surface area contributed by atoms with E-state index in [2.05, 4.69) is 4.74 Å². The summed E-state index contributed by atoms with van der Waals surface area (Å²) in [5, 5.41) is 8.62. The highest BCUT2D eigenvalue weighted by atomic mass is 16.6. The van der Waals surface area contributed by atoms with Crippen LogP contribution in [0.15, 0.2) is 0 Å². The molecule has 0 aromatic rings. The number of methoxy groups -OCH3 is 1. The Bertz CT molecular complexity index is 205. The molecular formula is C8H12O5. The Labute approximate surface area is 75.6 Å². The van der Waals surface area contributed by atoms with Gasteiger partial charge in [0, 0.05) is 0 Å². The van der Waals surface area contributed by atoms with Crippen molar-refractivity contribution < 1.29 is 24.2 Å². The van der Waals surface area contributed by atoms with E-state index < -0.39 is 24.0 Å². The summed E-state index contributed by atoms with van der Waals surface area (Å²) in [5.41, 5.74) is 0. The predicted octanol–water partition coefficient (Wildman–Crippen LogP) is 0.0392. The minimum Gasteiger partial charge on any atom is -0.481 e. The first kappa shape index (κ1) is 9.98. The lowest BCUT2D eigenvalue weighted by Gasteiger charge is -2.24. The smallest absolute Gasteiger partial charge is 0.334 e. The first-order valence-electron chi connectivity index (χ1n) is 4.07. The molecule has 1 rings (SSSR count). The number of carboxylic acids is 1. The fourth-order valence-corrected chi connectivity index (χ4v) is 1.26. The van der Waals surface area contributed by atoms with Gasteiger partial charge in [-0.1, -0.05) is 0 Å². The van der Waals surface area contributed by atoms with E-state index in [-0.39, 0.29) is 6.61 Å². The topological polar surface area (TPSA) is 72.8 Å². The molecule has 0 amide bonds. The zero-order valence-electron chi connectivity index (χ0n) is 7.36. The number of carbonyl (C=O) groups excluding carboxylic acids is 1. The highest BCUT2D eigenvalue weighted by molar-refractivity contribution is 5.75. The molecule has 13 heavy (non-hydrogen) atoms. The van der Waals surface area contributed by atoms with Crippen molar-refractivity contribution >= 4 is 11.9 Å².